The van der Waals surface area contributed by atoms with Gasteiger partial charge in [0.25, 0.3) is 0 Å². The largest absolute Gasteiger partial charge is 0.471 e. The summed E-state index contributed by atoms with van der Waals surface area (Å²) in [5.41, 5.74) is 0.818. The number of esters is 1. The van der Waals surface area contributed by atoms with Gasteiger partial charge in [-0.2, -0.15) is 13.2 Å². The second-order valence-electron chi connectivity index (χ2n) is 4.58. The van der Waals surface area contributed by atoms with Crippen LogP contribution in [0.5, 0.6) is 0 Å². The third-order valence-electron chi connectivity index (χ3n) is 2.93. The Hall–Kier alpha value is -2.05. The molecule has 0 unspecified atom stereocenters. The first-order valence-electron chi connectivity index (χ1n) is 6.90. The van der Waals surface area contributed by atoms with Crippen molar-refractivity contribution in [1.82, 2.24) is 4.90 Å². The van der Waals surface area contributed by atoms with E-state index in [1.54, 1.807) is 37.3 Å². The van der Waals surface area contributed by atoms with Gasteiger partial charge in [-0.05, 0) is 18.9 Å². The first kappa shape index (κ1) is 18.0. The predicted octanol–water partition coefficient (Wildman–Crippen LogP) is 2.57. The predicted molar refractivity (Wildman–Crippen MR) is 74.0 cm³/mol. The summed E-state index contributed by atoms with van der Waals surface area (Å²) >= 11 is 0. The highest BCUT2D eigenvalue weighted by molar-refractivity contribution is 5.82. The van der Waals surface area contributed by atoms with Crippen LogP contribution in [-0.2, 0) is 20.7 Å². The molecule has 1 aromatic rings. The molecule has 0 saturated carbocycles. The summed E-state index contributed by atoms with van der Waals surface area (Å²) in [6.07, 6.45) is -4.93. The fraction of sp³-hybridized carbons (Fsp3) is 0.467. The van der Waals surface area contributed by atoms with E-state index in [1.165, 1.54) is 0 Å². The van der Waals surface area contributed by atoms with E-state index in [1.807, 2.05) is 0 Å². The molecule has 7 heteroatoms. The summed E-state index contributed by atoms with van der Waals surface area (Å²) < 4.78 is 42.4. The van der Waals surface area contributed by atoms with Crippen molar-refractivity contribution in [3.8, 4) is 0 Å². The lowest BCUT2D eigenvalue weighted by molar-refractivity contribution is -0.185. The van der Waals surface area contributed by atoms with Gasteiger partial charge < -0.3 is 9.64 Å². The Morgan fingerprint density at radius 1 is 1.14 bits per heavy atom. The van der Waals surface area contributed by atoms with Crippen LogP contribution in [0.15, 0.2) is 30.3 Å². The van der Waals surface area contributed by atoms with Gasteiger partial charge in [0.1, 0.15) is 0 Å². The number of hydrogen-bond donors (Lipinski definition) is 0. The minimum atomic E-state index is -4.95. The van der Waals surface area contributed by atoms with Crippen LogP contribution >= 0.6 is 0 Å². The molecule has 22 heavy (non-hydrogen) atoms. The van der Waals surface area contributed by atoms with Crippen molar-refractivity contribution < 1.29 is 27.5 Å². The minimum Gasteiger partial charge on any atom is -0.466 e. The van der Waals surface area contributed by atoms with Crippen LogP contribution in [-0.4, -0.2) is 42.6 Å². The van der Waals surface area contributed by atoms with Gasteiger partial charge in [0.05, 0.1) is 13.0 Å². The molecule has 1 rings (SSSR count). The summed E-state index contributed by atoms with van der Waals surface area (Å²) in [4.78, 5) is 23.3. The van der Waals surface area contributed by atoms with Gasteiger partial charge in [-0.25, -0.2) is 0 Å². The molecule has 1 aromatic carbocycles. The van der Waals surface area contributed by atoms with Gasteiger partial charge in [0, 0.05) is 13.1 Å². The SMILES string of the molecule is CCOC(=O)CCN(CCc1ccccc1)C(=O)C(F)(F)F. The zero-order chi connectivity index (χ0) is 16.6. The highest BCUT2D eigenvalue weighted by Gasteiger charge is 2.42. The fourth-order valence-electron chi connectivity index (χ4n) is 1.86. The van der Waals surface area contributed by atoms with E-state index < -0.39 is 18.1 Å². The van der Waals surface area contributed by atoms with Crippen LogP contribution in [0.2, 0.25) is 0 Å². The van der Waals surface area contributed by atoms with Gasteiger partial charge in [0.2, 0.25) is 0 Å². The molecule has 0 aliphatic heterocycles. The topological polar surface area (TPSA) is 46.6 Å². The van der Waals surface area contributed by atoms with E-state index in [2.05, 4.69) is 4.74 Å². The third-order valence-corrected chi connectivity index (χ3v) is 2.93. The van der Waals surface area contributed by atoms with Gasteiger partial charge in [-0.15, -0.1) is 0 Å². The lowest BCUT2D eigenvalue weighted by atomic mass is 10.1. The van der Waals surface area contributed by atoms with Gasteiger partial charge in [0.15, 0.2) is 0 Å². The number of alkyl halides is 3. The molecule has 0 heterocycles. The zero-order valence-corrected chi connectivity index (χ0v) is 12.2. The van der Waals surface area contributed by atoms with Gasteiger partial charge >= 0.3 is 18.1 Å². The lowest BCUT2D eigenvalue weighted by Gasteiger charge is -2.23. The second-order valence-corrected chi connectivity index (χ2v) is 4.58. The second kappa shape index (κ2) is 8.41. The van der Waals surface area contributed by atoms with E-state index in [0.717, 1.165) is 5.56 Å². The maximum Gasteiger partial charge on any atom is 0.471 e. The number of benzene rings is 1. The molecule has 0 radical (unpaired) electrons. The normalized spacial score (nSPS) is 11.1. The molecule has 0 aromatic heterocycles. The number of halogens is 3. The Morgan fingerprint density at radius 2 is 1.77 bits per heavy atom. The van der Waals surface area contributed by atoms with Gasteiger partial charge in [-0.3, -0.25) is 9.59 Å². The van der Waals surface area contributed by atoms with Crippen LogP contribution in [0.4, 0.5) is 13.2 Å². The van der Waals surface area contributed by atoms with Crippen LogP contribution in [0.25, 0.3) is 0 Å². The van der Waals surface area contributed by atoms with Crippen molar-refractivity contribution in [3.05, 3.63) is 35.9 Å². The molecule has 0 atom stereocenters. The quantitative estimate of drug-likeness (QED) is 0.726. The average Bonchev–Trinajstić information content (AvgIpc) is 2.47. The molecule has 122 valence electrons. The van der Waals surface area contributed by atoms with Crippen molar-refractivity contribution >= 4 is 11.9 Å². The van der Waals surface area contributed by atoms with Crippen molar-refractivity contribution in [2.24, 2.45) is 0 Å². The molecule has 0 aliphatic rings. The lowest BCUT2D eigenvalue weighted by Crippen LogP contribution is -2.43. The number of hydrogen-bond acceptors (Lipinski definition) is 3. The number of carbonyl (C=O) groups excluding carboxylic acids is 2. The highest BCUT2D eigenvalue weighted by Crippen LogP contribution is 2.19. The number of amides is 1. The Kier molecular flexibility index (Phi) is 6.88. The fourth-order valence-corrected chi connectivity index (χ4v) is 1.86. The molecular formula is C15H18F3NO3. The first-order valence-corrected chi connectivity index (χ1v) is 6.90. The summed E-state index contributed by atoms with van der Waals surface area (Å²) in [5, 5.41) is 0. The van der Waals surface area contributed by atoms with Crippen LogP contribution < -0.4 is 0 Å². The number of rotatable bonds is 7. The Labute approximate surface area is 126 Å². The molecule has 4 nitrogen and oxygen atoms in total. The van der Waals surface area contributed by atoms with E-state index in [4.69, 9.17) is 0 Å². The Morgan fingerprint density at radius 3 is 2.32 bits per heavy atom. The molecular weight excluding hydrogens is 299 g/mol. The molecule has 0 fully saturated rings. The zero-order valence-electron chi connectivity index (χ0n) is 12.2. The van der Waals surface area contributed by atoms with Crippen molar-refractivity contribution in [2.75, 3.05) is 19.7 Å². The van der Waals surface area contributed by atoms with Crippen LogP contribution in [0.3, 0.4) is 0 Å². The van der Waals surface area contributed by atoms with E-state index in [9.17, 15) is 22.8 Å². The molecule has 0 saturated heterocycles. The minimum absolute atomic E-state index is 0.109. The molecule has 1 amide bonds. The first-order chi connectivity index (χ1) is 10.3. The van der Waals surface area contributed by atoms with E-state index >= 15 is 0 Å². The van der Waals surface area contributed by atoms with Crippen LogP contribution in [0, 0.1) is 0 Å². The standard InChI is InChI=1S/C15H18F3NO3/c1-2-22-13(20)9-11-19(14(21)15(16,17)18)10-8-12-6-4-3-5-7-12/h3-7H,2,8-11H2,1H3. The van der Waals surface area contributed by atoms with Crippen molar-refractivity contribution in [1.29, 1.82) is 0 Å². The smallest absolute Gasteiger partial charge is 0.466 e. The van der Waals surface area contributed by atoms with Crippen molar-refractivity contribution in [3.63, 3.8) is 0 Å². The summed E-state index contributed by atoms with van der Waals surface area (Å²) in [6, 6.07) is 8.86. The molecule has 0 aliphatic carbocycles. The number of nitrogens with zero attached hydrogens (tertiary/aromatic N) is 1. The van der Waals surface area contributed by atoms with Gasteiger partial charge in [-0.1, -0.05) is 30.3 Å². The molecule has 0 bridgehead atoms. The highest BCUT2D eigenvalue weighted by atomic mass is 19.4. The Balaban J connectivity index is 2.65. The molecule has 0 spiro atoms. The number of ether oxygens (including phenoxy) is 1. The monoisotopic (exact) mass is 317 g/mol. The van der Waals surface area contributed by atoms with Crippen LogP contribution in [0.1, 0.15) is 18.9 Å². The summed E-state index contributed by atoms with van der Waals surface area (Å²) in [7, 11) is 0. The summed E-state index contributed by atoms with van der Waals surface area (Å²) in [6.45, 7) is 1.33. The number of carbonyl (C=O) groups is 2. The maximum absolute atomic E-state index is 12.6. The average molecular weight is 317 g/mol. The van der Waals surface area contributed by atoms with E-state index in [0.29, 0.717) is 4.90 Å². The third kappa shape index (κ3) is 6.15. The Bertz CT molecular complexity index is 489. The molecule has 0 N–H and O–H groups in total. The maximum atomic E-state index is 12.6. The summed E-state index contributed by atoms with van der Waals surface area (Å²) in [5.74, 6) is -2.56. The van der Waals surface area contributed by atoms with Crippen molar-refractivity contribution in [2.45, 2.75) is 25.9 Å². The van der Waals surface area contributed by atoms with E-state index in [-0.39, 0.29) is 32.5 Å².